The van der Waals surface area contributed by atoms with Gasteiger partial charge in [0.25, 0.3) is 0 Å². The first kappa shape index (κ1) is 13.6. The second kappa shape index (κ2) is 5.27. The highest BCUT2D eigenvalue weighted by Gasteiger charge is 2.32. The van der Waals surface area contributed by atoms with Crippen molar-refractivity contribution < 1.29 is 9.18 Å². The lowest BCUT2D eigenvalue weighted by atomic mass is 9.90. The third-order valence-electron chi connectivity index (χ3n) is 2.78. The first-order valence-electron chi connectivity index (χ1n) is 5.67. The summed E-state index contributed by atoms with van der Waals surface area (Å²) >= 11 is 0. The van der Waals surface area contributed by atoms with Crippen molar-refractivity contribution in [3.05, 3.63) is 35.6 Å². The van der Waals surface area contributed by atoms with Crippen LogP contribution in [0.25, 0.3) is 0 Å². The first-order valence-corrected chi connectivity index (χ1v) is 5.67. The van der Waals surface area contributed by atoms with Crippen LogP contribution in [-0.2, 0) is 10.3 Å². The molecule has 0 spiro atoms. The smallest absolute Gasteiger partial charge is 0.242 e. The van der Waals surface area contributed by atoms with Crippen molar-refractivity contribution in [2.45, 2.75) is 26.3 Å². The van der Waals surface area contributed by atoms with Gasteiger partial charge in [-0.15, -0.1) is 0 Å². The van der Waals surface area contributed by atoms with Crippen molar-refractivity contribution in [2.24, 2.45) is 11.7 Å². The van der Waals surface area contributed by atoms with Gasteiger partial charge in [-0.1, -0.05) is 26.0 Å². The van der Waals surface area contributed by atoms with E-state index in [-0.39, 0.29) is 5.82 Å². The summed E-state index contributed by atoms with van der Waals surface area (Å²) in [6.45, 7) is 6.46. The summed E-state index contributed by atoms with van der Waals surface area (Å²) in [7, 11) is 0. The van der Waals surface area contributed by atoms with E-state index >= 15 is 0 Å². The van der Waals surface area contributed by atoms with Crippen LogP contribution in [0.4, 0.5) is 4.39 Å². The summed E-state index contributed by atoms with van der Waals surface area (Å²) in [6, 6.07) is 5.81. The van der Waals surface area contributed by atoms with Crippen molar-refractivity contribution >= 4 is 5.91 Å². The zero-order valence-corrected chi connectivity index (χ0v) is 10.5. The SMILES string of the molecule is CC(C)CNC(C)(C(N)=O)c1ccc(F)cc1. The van der Waals surface area contributed by atoms with E-state index in [1.54, 1.807) is 19.1 Å². The second-order valence-electron chi connectivity index (χ2n) is 4.77. The van der Waals surface area contributed by atoms with Gasteiger partial charge in [0.2, 0.25) is 5.91 Å². The summed E-state index contributed by atoms with van der Waals surface area (Å²) in [4.78, 5) is 11.6. The van der Waals surface area contributed by atoms with Gasteiger partial charge in [0.15, 0.2) is 0 Å². The molecule has 1 atom stereocenters. The average molecular weight is 238 g/mol. The van der Waals surface area contributed by atoms with Crippen LogP contribution in [0.1, 0.15) is 26.3 Å². The van der Waals surface area contributed by atoms with Gasteiger partial charge in [-0.2, -0.15) is 0 Å². The average Bonchev–Trinajstić information content (AvgIpc) is 2.26. The molecule has 3 nitrogen and oxygen atoms in total. The fourth-order valence-electron chi connectivity index (χ4n) is 1.52. The van der Waals surface area contributed by atoms with Crippen LogP contribution in [0.2, 0.25) is 0 Å². The first-order chi connectivity index (χ1) is 7.86. The molecule has 0 aliphatic rings. The molecule has 0 bridgehead atoms. The Labute approximate surface area is 101 Å². The lowest BCUT2D eigenvalue weighted by Crippen LogP contribution is -2.51. The van der Waals surface area contributed by atoms with E-state index in [1.807, 2.05) is 13.8 Å². The van der Waals surface area contributed by atoms with Gasteiger partial charge >= 0.3 is 0 Å². The minimum atomic E-state index is -0.960. The number of nitrogens with two attached hydrogens (primary N) is 1. The Balaban J connectivity index is 2.98. The molecule has 0 aliphatic heterocycles. The molecule has 1 rings (SSSR count). The van der Waals surface area contributed by atoms with Gasteiger partial charge in [-0.3, -0.25) is 10.1 Å². The minimum Gasteiger partial charge on any atom is -0.368 e. The molecule has 17 heavy (non-hydrogen) atoms. The quantitative estimate of drug-likeness (QED) is 0.821. The summed E-state index contributed by atoms with van der Waals surface area (Å²) in [5, 5.41) is 3.13. The molecular weight excluding hydrogens is 219 g/mol. The van der Waals surface area contributed by atoms with Crippen LogP contribution in [0.15, 0.2) is 24.3 Å². The normalized spacial score (nSPS) is 14.6. The third kappa shape index (κ3) is 3.27. The van der Waals surface area contributed by atoms with Crippen molar-refractivity contribution in [1.29, 1.82) is 0 Å². The molecule has 1 aromatic rings. The molecule has 0 radical (unpaired) electrons. The fourth-order valence-corrected chi connectivity index (χ4v) is 1.52. The summed E-state index contributed by atoms with van der Waals surface area (Å²) in [5.74, 6) is -0.400. The number of hydrogen-bond acceptors (Lipinski definition) is 2. The highest BCUT2D eigenvalue weighted by atomic mass is 19.1. The Morgan fingerprint density at radius 3 is 2.35 bits per heavy atom. The predicted octanol–water partition coefficient (Wildman–Crippen LogP) is 1.77. The maximum Gasteiger partial charge on any atom is 0.242 e. The molecule has 0 saturated carbocycles. The highest BCUT2D eigenvalue weighted by molar-refractivity contribution is 5.85. The van der Waals surface area contributed by atoms with Crippen molar-refractivity contribution in [3.8, 4) is 0 Å². The lowest BCUT2D eigenvalue weighted by Gasteiger charge is -2.29. The van der Waals surface area contributed by atoms with Gasteiger partial charge in [0.1, 0.15) is 11.4 Å². The number of hydrogen-bond donors (Lipinski definition) is 2. The Kier molecular flexibility index (Phi) is 4.23. The maximum absolute atomic E-state index is 12.9. The largest absolute Gasteiger partial charge is 0.368 e. The van der Waals surface area contributed by atoms with Gasteiger partial charge in [0.05, 0.1) is 0 Å². The maximum atomic E-state index is 12.9. The highest BCUT2D eigenvalue weighted by Crippen LogP contribution is 2.21. The zero-order valence-electron chi connectivity index (χ0n) is 10.5. The molecule has 1 unspecified atom stereocenters. The van der Waals surface area contributed by atoms with Crippen LogP contribution in [0.5, 0.6) is 0 Å². The van der Waals surface area contributed by atoms with Gasteiger partial charge in [-0.25, -0.2) is 4.39 Å². The molecule has 94 valence electrons. The van der Waals surface area contributed by atoms with Crippen molar-refractivity contribution in [3.63, 3.8) is 0 Å². The van der Waals surface area contributed by atoms with E-state index in [0.717, 1.165) is 0 Å². The molecule has 0 heterocycles. The number of carbonyl (C=O) groups excluding carboxylic acids is 1. The second-order valence-corrected chi connectivity index (χ2v) is 4.77. The monoisotopic (exact) mass is 238 g/mol. The van der Waals surface area contributed by atoms with Gasteiger partial charge < -0.3 is 5.73 Å². The van der Waals surface area contributed by atoms with Gasteiger partial charge in [0, 0.05) is 0 Å². The zero-order chi connectivity index (χ0) is 13.1. The number of primary amides is 1. The topological polar surface area (TPSA) is 55.1 Å². The predicted molar refractivity (Wildman–Crippen MR) is 65.8 cm³/mol. The lowest BCUT2D eigenvalue weighted by molar-refractivity contribution is -0.124. The molecule has 0 aliphatic carbocycles. The minimum absolute atomic E-state index is 0.329. The molecule has 0 saturated heterocycles. The van der Waals surface area contributed by atoms with Crippen LogP contribution >= 0.6 is 0 Å². The van der Waals surface area contributed by atoms with Crippen LogP contribution < -0.4 is 11.1 Å². The molecule has 1 amide bonds. The summed E-state index contributed by atoms with van der Waals surface area (Å²) in [5.41, 5.74) is 5.14. The molecule has 3 N–H and O–H groups in total. The molecule has 0 aromatic heterocycles. The molecule has 4 heteroatoms. The number of nitrogens with one attached hydrogen (secondary N) is 1. The van der Waals surface area contributed by atoms with Crippen molar-refractivity contribution in [2.75, 3.05) is 6.54 Å². The van der Waals surface area contributed by atoms with Crippen LogP contribution in [0.3, 0.4) is 0 Å². The van der Waals surface area contributed by atoms with E-state index in [9.17, 15) is 9.18 Å². The molecule has 1 aromatic carbocycles. The Morgan fingerprint density at radius 2 is 1.94 bits per heavy atom. The fraction of sp³-hybridized carbons (Fsp3) is 0.462. The Morgan fingerprint density at radius 1 is 1.41 bits per heavy atom. The number of carbonyl (C=O) groups is 1. The van der Waals surface area contributed by atoms with E-state index in [2.05, 4.69) is 5.32 Å². The number of amides is 1. The van der Waals surface area contributed by atoms with E-state index in [1.165, 1.54) is 12.1 Å². The van der Waals surface area contributed by atoms with Gasteiger partial charge in [-0.05, 0) is 37.1 Å². The molecule has 0 fully saturated rings. The number of rotatable bonds is 5. The van der Waals surface area contributed by atoms with E-state index < -0.39 is 11.4 Å². The Bertz CT molecular complexity index is 389. The van der Waals surface area contributed by atoms with Crippen LogP contribution in [0, 0.1) is 11.7 Å². The van der Waals surface area contributed by atoms with Crippen molar-refractivity contribution in [1.82, 2.24) is 5.32 Å². The standard InChI is InChI=1S/C13H19FN2O/c1-9(2)8-16-13(3,12(15)17)10-4-6-11(14)7-5-10/h4-7,9,16H,8H2,1-3H3,(H2,15,17). The summed E-state index contributed by atoms with van der Waals surface area (Å²) in [6.07, 6.45) is 0. The molecular formula is C13H19FN2O. The Hall–Kier alpha value is -1.42. The van der Waals surface area contributed by atoms with E-state index in [4.69, 9.17) is 5.73 Å². The number of benzene rings is 1. The van der Waals surface area contributed by atoms with Crippen LogP contribution in [-0.4, -0.2) is 12.5 Å². The number of halogens is 1. The third-order valence-corrected chi connectivity index (χ3v) is 2.78. The summed E-state index contributed by atoms with van der Waals surface area (Å²) < 4.78 is 12.9. The van der Waals surface area contributed by atoms with E-state index in [0.29, 0.717) is 18.0 Å².